The van der Waals surface area contributed by atoms with Gasteiger partial charge in [-0.3, -0.25) is 4.74 Å². The molecule has 0 aromatic heterocycles. The summed E-state index contributed by atoms with van der Waals surface area (Å²) in [5.41, 5.74) is 2.71. The molecule has 0 N–H and O–H groups in total. The van der Waals surface area contributed by atoms with Gasteiger partial charge >= 0.3 is 5.97 Å². The molecule has 1 unspecified atom stereocenters. The highest BCUT2D eigenvalue weighted by atomic mass is 16.9. The smallest absolute Gasteiger partial charge is 0.402 e. The molecule has 2 heterocycles. The van der Waals surface area contributed by atoms with Gasteiger partial charge in [-0.15, -0.1) is 0 Å². The van der Waals surface area contributed by atoms with Crippen molar-refractivity contribution in [2.75, 3.05) is 6.61 Å². The summed E-state index contributed by atoms with van der Waals surface area (Å²) >= 11 is 0. The van der Waals surface area contributed by atoms with Crippen LogP contribution in [0.15, 0.2) is 30.4 Å². The summed E-state index contributed by atoms with van der Waals surface area (Å²) in [5.74, 6) is -0.453. The van der Waals surface area contributed by atoms with Crippen molar-refractivity contribution < 1.29 is 14.2 Å². The molecule has 0 aromatic carbocycles. The van der Waals surface area contributed by atoms with Crippen LogP contribution >= 0.6 is 0 Å². The maximum absolute atomic E-state index is 5.12. The summed E-state index contributed by atoms with van der Waals surface area (Å²) in [5, 5.41) is 0. The van der Waals surface area contributed by atoms with E-state index >= 15 is 0 Å². The summed E-state index contributed by atoms with van der Waals surface area (Å²) in [7, 11) is 0. The Morgan fingerprint density at radius 2 is 2.60 bits per heavy atom. The molecule has 1 spiro atoms. The highest BCUT2D eigenvalue weighted by Gasteiger charge is 2.40. The number of hydrogen-bond donors (Lipinski definition) is 0. The lowest BCUT2D eigenvalue weighted by molar-refractivity contribution is -0.259. The van der Waals surface area contributed by atoms with Gasteiger partial charge in [0.15, 0.2) is 0 Å². The average molecular weight is 138 g/mol. The van der Waals surface area contributed by atoms with E-state index in [9.17, 15) is 0 Å². The second-order valence-electron chi connectivity index (χ2n) is 2.08. The van der Waals surface area contributed by atoms with Crippen LogP contribution in [0.2, 0.25) is 0 Å². The van der Waals surface area contributed by atoms with Gasteiger partial charge in [-0.25, -0.2) is 0 Å². The van der Waals surface area contributed by atoms with Crippen molar-refractivity contribution in [1.29, 1.82) is 0 Å². The topological polar surface area (TPSA) is 27.7 Å². The molecular weight excluding hydrogens is 132 g/mol. The first-order valence-electron chi connectivity index (χ1n) is 2.91. The lowest BCUT2D eigenvalue weighted by Crippen LogP contribution is -2.26. The fraction of sp³-hybridized carbons (Fsp3) is 0.286. The van der Waals surface area contributed by atoms with Crippen molar-refractivity contribution in [2.45, 2.75) is 5.97 Å². The van der Waals surface area contributed by atoms with Gasteiger partial charge in [0.1, 0.15) is 18.6 Å². The van der Waals surface area contributed by atoms with E-state index in [1.807, 2.05) is 0 Å². The minimum atomic E-state index is -1.03. The van der Waals surface area contributed by atoms with Gasteiger partial charge in [0.2, 0.25) is 0 Å². The number of hydrogen-bond acceptors (Lipinski definition) is 3. The first kappa shape index (κ1) is 5.59. The molecule has 0 aromatic rings. The Kier molecular flexibility index (Phi) is 0.926. The van der Waals surface area contributed by atoms with Crippen LogP contribution in [0.3, 0.4) is 0 Å². The van der Waals surface area contributed by atoms with Gasteiger partial charge in [-0.1, -0.05) is 12.3 Å². The first-order valence-corrected chi connectivity index (χ1v) is 2.91. The zero-order chi connectivity index (χ0) is 7.03. The molecule has 0 bridgehead atoms. The van der Waals surface area contributed by atoms with E-state index in [0.29, 0.717) is 12.4 Å². The first-order chi connectivity index (χ1) is 4.81. The minimum absolute atomic E-state index is 0.381. The van der Waals surface area contributed by atoms with Crippen molar-refractivity contribution in [3.63, 3.8) is 0 Å². The minimum Gasteiger partial charge on any atom is -0.429 e. The van der Waals surface area contributed by atoms with Gasteiger partial charge in [-0.05, 0) is 0 Å². The van der Waals surface area contributed by atoms with E-state index in [0.717, 1.165) is 0 Å². The quantitative estimate of drug-likeness (QED) is 0.465. The Morgan fingerprint density at radius 3 is 3.10 bits per heavy atom. The van der Waals surface area contributed by atoms with Crippen LogP contribution in [0.5, 0.6) is 0 Å². The van der Waals surface area contributed by atoms with E-state index in [2.05, 4.69) is 12.3 Å². The Morgan fingerprint density at radius 1 is 1.70 bits per heavy atom. The Hall–Kier alpha value is -1.18. The van der Waals surface area contributed by atoms with Gasteiger partial charge in [0, 0.05) is 0 Å². The maximum atomic E-state index is 5.12. The van der Waals surface area contributed by atoms with Gasteiger partial charge in [0.25, 0.3) is 0 Å². The Bertz CT molecular complexity index is 237. The van der Waals surface area contributed by atoms with Gasteiger partial charge in [0.05, 0.1) is 6.08 Å². The lowest BCUT2D eigenvalue weighted by Gasteiger charge is -2.17. The molecule has 0 amide bonds. The van der Waals surface area contributed by atoms with E-state index in [-0.39, 0.29) is 0 Å². The lowest BCUT2D eigenvalue weighted by atomic mass is 10.5. The normalized spacial score (nSPS) is 35.0. The van der Waals surface area contributed by atoms with Gasteiger partial charge < -0.3 is 9.47 Å². The van der Waals surface area contributed by atoms with Crippen molar-refractivity contribution in [3.05, 3.63) is 30.4 Å². The molecular formula is C7H6O3. The van der Waals surface area contributed by atoms with Crippen LogP contribution in [0.1, 0.15) is 0 Å². The van der Waals surface area contributed by atoms with E-state index < -0.39 is 5.97 Å². The van der Waals surface area contributed by atoms with Crippen molar-refractivity contribution in [3.8, 4) is 0 Å². The zero-order valence-corrected chi connectivity index (χ0v) is 5.29. The highest BCUT2D eigenvalue weighted by Crippen LogP contribution is 2.29. The fourth-order valence-corrected chi connectivity index (χ4v) is 0.857. The van der Waals surface area contributed by atoms with E-state index in [1.165, 1.54) is 6.26 Å². The summed E-state index contributed by atoms with van der Waals surface area (Å²) in [6.45, 7) is 3.97. The van der Waals surface area contributed by atoms with Crippen LogP contribution in [0, 0.1) is 0 Å². The molecule has 10 heavy (non-hydrogen) atoms. The molecule has 3 heteroatoms. The molecule has 52 valence electrons. The molecule has 2 aliphatic heterocycles. The maximum Gasteiger partial charge on any atom is 0.402 e. The molecule has 1 atom stereocenters. The highest BCUT2D eigenvalue weighted by molar-refractivity contribution is 5.03. The second kappa shape index (κ2) is 1.66. The molecule has 1 saturated heterocycles. The molecule has 2 aliphatic rings. The van der Waals surface area contributed by atoms with Crippen LogP contribution in [-0.4, -0.2) is 12.6 Å². The molecule has 0 saturated carbocycles. The number of rotatable bonds is 0. The standard InChI is InChI=1S/C7H6O3/c1-6-5-9-7(10-6)3-2-4-8-7/h3-4H,1,5H2. The third-order valence-corrected chi connectivity index (χ3v) is 1.27. The van der Waals surface area contributed by atoms with E-state index in [4.69, 9.17) is 14.2 Å². The average Bonchev–Trinajstić information content (AvgIpc) is 2.46. The van der Waals surface area contributed by atoms with Gasteiger partial charge in [-0.2, -0.15) is 0 Å². The molecule has 2 rings (SSSR count). The van der Waals surface area contributed by atoms with Crippen molar-refractivity contribution >= 4 is 0 Å². The monoisotopic (exact) mass is 138 g/mol. The summed E-state index contributed by atoms with van der Waals surface area (Å²) in [6.07, 6.45) is 2.98. The van der Waals surface area contributed by atoms with Crippen molar-refractivity contribution in [2.24, 2.45) is 0 Å². The third kappa shape index (κ3) is 0.652. The zero-order valence-electron chi connectivity index (χ0n) is 5.29. The molecule has 3 nitrogen and oxygen atoms in total. The number of ether oxygens (including phenoxy) is 3. The molecule has 1 fully saturated rings. The molecule has 0 radical (unpaired) electrons. The Labute approximate surface area is 58.2 Å². The van der Waals surface area contributed by atoms with Crippen LogP contribution in [0.4, 0.5) is 0 Å². The van der Waals surface area contributed by atoms with Crippen LogP contribution in [0.25, 0.3) is 0 Å². The van der Waals surface area contributed by atoms with Crippen molar-refractivity contribution in [1.82, 2.24) is 0 Å². The predicted molar refractivity (Wildman–Crippen MR) is 32.6 cm³/mol. The summed E-state index contributed by atoms with van der Waals surface area (Å²) < 4.78 is 15.2. The second-order valence-corrected chi connectivity index (χ2v) is 2.08. The summed E-state index contributed by atoms with van der Waals surface area (Å²) in [6, 6.07) is 0. The van der Waals surface area contributed by atoms with E-state index in [1.54, 1.807) is 6.08 Å². The molecule has 0 aliphatic carbocycles. The van der Waals surface area contributed by atoms with Crippen LogP contribution in [-0.2, 0) is 14.2 Å². The largest absolute Gasteiger partial charge is 0.429 e. The third-order valence-electron chi connectivity index (χ3n) is 1.27. The Balaban J connectivity index is 2.20. The van der Waals surface area contributed by atoms with Crippen LogP contribution < -0.4 is 0 Å². The summed E-state index contributed by atoms with van der Waals surface area (Å²) in [4.78, 5) is 0. The predicted octanol–water partition coefficient (Wildman–Crippen LogP) is 0.900. The fourth-order valence-electron chi connectivity index (χ4n) is 0.857. The SMILES string of the molecule is C=C1COC2(C=C=CO2)O1.